The van der Waals surface area contributed by atoms with Crippen molar-refractivity contribution in [2.24, 2.45) is 0 Å². The second-order valence-electron chi connectivity index (χ2n) is 15.0. The van der Waals surface area contributed by atoms with Crippen molar-refractivity contribution in [3.8, 4) is 44.9 Å². The number of ether oxygens (including phenoxy) is 1. The standard InChI is InChI=1S/C52H40N2O/c1-35-15-14-24-47-50(35)54-46-23-13-11-21-44(46)52(2,3)49-43(33-34-48(55-47)51(49)54)39-27-31-41(32-28-39)53(40-29-25-37(26-30-40)36-16-6-4-7-17-36)45-22-12-10-20-42(45)38-18-8-5-9-19-38/h4-34H,1-3H3. The summed E-state index contributed by atoms with van der Waals surface area (Å²) in [6.07, 6.45) is 0. The molecule has 0 N–H and O–H groups in total. The average Bonchev–Trinajstić information content (AvgIpc) is 3.24. The Hall–Kier alpha value is -6.84. The quantitative estimate of drug-likeness (QED) is 0.171. The molecule has 0 saturated carbocycles. The van der Waals surface area contributed by atoms with Gasteiger partial charge in [-0.2, -0.15) is 0 Å². The molecule has 264 valence electrons. The lowest BCUT2D eigenvalue weighted by Crippen LogP contribution is -2.33. The van der Waals surface area contributed by atoms with Crippen molar-refractivity contribution < 1.29 is 4.74 Å². The fourth-order valence-electron chi connectivity index (χ4n) is 8.73. The van der Waals surface area contributed by atoms with Crippen molar-refractivity contribution >= 4 is 34.1 Å². The largest absolute Gasteiger partial charge is 0.453 e. The summed E-state index contributed by atoms with van der Waals surface area (Å²) in [5.74, 6) is 1.77. The van der Waals surface area contributed by atoms with Gasteiger partial charge in [0.2, 0.25) is 0 Å². The second-order valence-corrected chi connectivity index (χ2v) is 15.0. The highest BCUT2D eigenvalue weighted by Gasteiger charge is 2.43. The molecule has 0 fully saturated rings. The number of nitrogens with zero attached hydrogens (tertiary/aromatic N) is 2. The van der Waals surface area contributed by atoms with Crippen molar-refractivity contribution in [2.75, 3.05) is 9.80 Å². The van der Waals surface area contributed by atoms with E-state index in [9.17, 15) is 0 Å². The van der Waals surface area contributed by atoms with E-state index in [1.54, 1.807) is 0 Å². The molecule has 55 heavy (non-hydrogen) atoms. The first kappa shape index (κ1) is 32.8. The van der Waals surface area contributed by atoms with E-state index in [1.165, 1.54) is 55.8 Å². The maximum Gasteiger partial charge on any atom is 0.151 e. The normalized spacial score (nSPS) is 13.3. The SMILES string of the molecule is Cc1cccc2c1N1c3ccccc3C(C)(C)c3c(-c4ccc(N(c5ccc(-c6ccccc6)cc5)c5ccccc5-c5ccccc5)cc4)ccc(c31)O2. The Morgan fingerprint density at radius 2 is 1.02 bits per heavy atom. The van der Waals surface area contributed by atoms with Crippen LogP contribution in [0.5, 0.6) is 11.5 Å². The molecule has 0 atom stereocenters. The third-order valence-electron chi connectivity index (χ3n) is 11.4. The van der Waals surface area contributed by atoms with Crippen LogP contribution in [-0.2, 0) is 5.41 Å². The molecule has 0 bridgehead atoms. The van der Waals surface area contributed by atoms with Gasteiger partial charge in [-0.1, -0.05) is 153 Å². The lowest BCUT2D eigenvalue weighted by atomic mass is 9.70. The second kappa shape index (κ2) is 12.9. The molecule has 8 aromatic carbocycles. The maximum atomic E-state index is 6.69. The zero-order valence-electron chi connectivity index (χ0n) is 31.2. The van der Waals surface area contributed by atoms with Crippen LogP contribution in [0.25, 0.3) is 33.4 Å². The Labute approximate surface area is 323 Å². The van der Waals surface area contributed by atoms with E-state index in [1.807, 2.05) is 0 Å². The van der Waals surface area contributed by atoms with Gasteiger partial charge in [0.15, 0.2) is 11.5 Å². The van der Waals surface area contributed by atoms with Gasteiger partial charge < -0.3 is 14.5 Å². The van der Waals surface area contributed by atoms with Gasteiger partial charge in [-0.15, -0.1) is 0 Å². The fraction of sp³-hybridized carbons (Fsp3) is 0.0769. The molecule has 2 aliphatic heterocycles. The maximum absolute atomic E-state index is 6.69. The number of fused-ring (bicyclic) bond motifs is 4. The smallest absolute Gasteiger partial charge is 0.151 e. The molecular weight excluding hydrogens is 669 g/mol. The fourth-order valence-corrected chi connectivity index (χ4v) is 8.73. The molecule has 3 nitrogen and oxygen atoms in total. The van der Waals surface area contributed by atoms with Crippen molar-refractivity contribution in [1.29, 1.82) is 0 Å². The number of rotatable bonds is 6. The minimum atomic E-state index is -0.281. The van der Waals surface area contributed by atoms with Crippen molar-refractivity contribution in [1.82, 2.24) is 0 Å². The summed E-state index contributed by atoms with van der Waals surface area (Å²) < 4.78 is 6.69. The highest BCUT2D eigenvalue weighted by atomic mass is 16.5. The van der Waals surface area contributed by atoms with Gasteiger partial charge >= 0.3 is 0 Å². The number of benzene rings is 8. The molecule has 0 saturated heterocycles. The molecule has 0 unspecified atom stereocenters. The van der Waals surface area contributed by atoms with Crippen molar-refractivity contribution in [2.45, 2.75) is 26.2 Å². The first-order chi connectivity index (χ1) is 27.0. The van der Waals surface area contributed by atoms with E-state index < -0.39 is 0 Å². The number of hydrogen-bond donors (Lipinski definition) is 0. The summed E-state index contributed by atoms with van der Waals surface area (Å²) >= 11 is 0. The van der Waals surface area contributed by atoms with Crippen LogP contribution in [0, 0.1) is 6.92 Å². The Morgan fingerprint density at radius 1 is 0.455 bits per heavy atom. The highest BCUT2D eigenvalue weighted by Crippen LogP contribution is 2.62. The summed E-state index contributed by atoms with van der Waals surface area (Å²) in [7, 11) is 0. The molecule has 0 aromatic heterocycles. The van der Waals surface area contributed by atoms with E-state index in [2.05, 4.69) is 219 Å². The van der Waals surface area contributed by atoms with Gasteiger partial charge in [-0.3, -0.25) is 0 Å². The Kier molecular flexibility index (Phi) is 7.71. The Morgan fingerprint density at radius 3 is 1.75 bits per heavy atom. The van der Waals surface area contributed by atoms with E-state index in [4.69, 9.17) is 4.74 Å². The van der Waals surface area contributed by atoms with Crippen LogP contribution in [0.2, 0.25) is 0 Å². The molecule has 8 aromatic rings. The van der Waals surface area contributed by atoms with Gasteiger partial charge in [0, 0.05) is 22.4 Å². The number of aryl methyl sites for hydroxylation is 1. The third kappa shape index (κ3) is 5.34. The Bertz CT molecular complexity index is 2700. The van der Waals surface area contributed by atoms with Gasteiger partial charge in [0.05, 0.1) is 22.7 Å². The summed E-state index contributed by atoms with van der Waals surface area (Å²) in [6, 6.07) is 67.6. The van der Waals surface area contributed by atoms with Crippen LogP contribution in [0.1, 0.15) is 30.5 Å². The van der Waals surface area contributed by atoms with Crippen molar-refractivity contribution in [3.63, 3.8) is 0 Å². The van der Waals surface area contributed by atoms with Crippen LogP contribution in [0.15, 0.2) is 188 Å². The van der Waals surface area contributed by atoms with E-state index in [0.29, 0.717) is 0 Å². The third-order valence-corrected chi connectivity index (χ3v) is 11.4. The van der Waals surface area contributed by atoms with Crippen LogP contribution in [-0.4, -0.2) is 0 Å². The zero-order valence-corrected chi connectivity index (χ0v) is 31.2. The molecule has 10 rings (SSSR count). The topological polar surface area (TPSA) is 15.7 Å². The number of anilines is 6. The first-order valence-corrected chi connectivity index (χ1v) is 19.0. The molecule has 0 radical (unpaired) electrons. The van der Waals surface area contributed by atoms with Gasteiger partial charge in [-0.25, -0.2) is 0 Å². The van der Waals surface area contributed by atoms with Crippen LogP contribution < -0.4 is 14.5 Å². The summed E-state index contributed by atoms with van der Waals surface area (Å²) in [5, 5.41) is 0. The minimum absolute atomic E-state index is 0.281. The average molecular weight is 709 g/mol. The van der Waals surface area contributed by atoms with Gasteiger partial charge in [-0.05, 0) is 100.0 Å². The zero-order chi connectivity index (χ0) is 37.1. The monoisotopic (exact) mass is 708 g/mol. The van der Waals surface area contributed by atoms with Crippen LogP contribution in [0.4, 0.5) is 34.1 Å². The minimum Gasteiger partial charge on any atom is -0.453 e. The van der Waals surface area contributed by atoms with Crippen LogP contribution >= 0.6 is 0 Å². The van der Waals surface area contributed by atoms with Gasteiger partial charge in [0.1, 0.15) is 0 Å². The number of para-hydroxylation sites is 3. The molecule has 2 heterocycles. The summed E-state index contributed by atoms with van der Waals surface area (Å²) in [5.41, 5.74) is 17.4. The molecule has 3 heteroatoms. The predicted octanol–water partition coefficient (Wildman–Crippen LogP) is 14.7. The molecular formula is C52H40N2O. The summed E-state index contributed by atoms with van der Waals surface area (Å²) in [4.78, 5) is 4.83. The van der Waals surface area contributed by atoms with E-state index in [-0.39, 0.29) is 5.41 Å². The Balaban J connectivity index is 1.12. The van der Waals surface area contributed by atoms with Crippen molar-refractivity contribution in [3.05, 3.63) is 205 Å². The first-order valence-electron chi connectivity index (χ1n) is 19.0. The lowest BCUT2D eigenvalue weighted by Gasteiger charge is -2.46. The van der Waals surface area contributed by atoms with E-state index >= 15 is 0 Å². The molecule has 0 amide bonds. The molecule has 0 aliphatic carbocycles. The molecule has 2 aliphatic rings. The predicted molar refractivity (Wildman–Crippen MR) is 229 cm³/mol. The highest BCUT2D eigenvalue weighted by molar-refractivity contribution is 5.98. The van der Waals surface area contributed by atoms with Gasteiger partial charge in [0.25, 0.3) is 0 Å². The summed E-state index contributed by atoms with van der Waals surface area (Å²) in [6.45, 7) is 6.88. The number of hydrogen-bond acceptors (Lipinski definition) is 3. The molecule has 0 spiro atoms. The van der Waals surface area contributed by atoms with E-state index in [0.717, 1.165) is 39.9 Å². The lowest BCUT2D eigenvalue weighted by molar-refractivity contribution is 0.471. The van der Waals surface area contributed by atoms with Crippen LogP contribution in [0.3, 0.4) is 0 Å².